The Kier molecular flexibility index (Phi) is 7.58. The molecule has 0 saturated heterocycles. The van der Waals surface area contributed by atoms with E-state index in [1.807, 2.05) is 0 Å². The van der Waals surface area contributed by atoms with Crippen LogP contribution in [0.3, 0.4) is 0 Å². The van der Waals surface area contributed by atoms with Gasteiger partial charge in [-0.05, 0) is 49.1 Å². The van der Waals surface area contributed by atoms with E-state index in [9.17, 15) is 29.3 Å². The van der Waals surface area contributed by atoms with Crippen LogP contribution in [0.4, 0.5) is 10.2 Å². The molecule has 1 amide bonds. The monoisotopic (exact) mass is 534 g/mol. The van der Waals surface area contributed by atoms with Crippen molar-refractivity contribution in [2.24, 2.45) is 5.92 Å². The second kappa shape index (κ2) is 10.5. The molecule has 188 valence electrons. The van der Waals surface area contributed by atoms with Gasteiger partial charge in [0.25, 0.3) is 5.91 Å². The van der Waals surface area contributed by atoms with Crippen LogP contribution in [0, 0.1) is 11.7 Å². The van der Waals surface area contributed by atoms with Gasteiger partial charge >= 0.3 is 6.10 Å². The van der Waals surface area contributed by atoms with Crippen LogP contribution < -0.4 is 9.64 Å². The molecule has 11 heteroatoms. The normalized spacial score (nSPS) is 13.7. The average Bonchev–Trinajstić information content (AvgIpc) is 2.78. The summed E-state index contributed by atoms with van der Waals surface area (Å²) in [5.41, 5.74) is 0.443. The van der Waals surface area contributed by atoms with E-state index in [0.29, 0.717) is 28.0 Å². The smallest absolute Gasteiger partial charge is 0.377 e. The summed E-state index contributed by atoms with van der Waals surface area (Å²) in [6, 6.07) is 9.46. The average molecular weight is 535 g/mol. The maximum atomic E-state index is 14.5. The number of anilines is 1. The summed E-state index contributed by atoms with van der Waals surface area (Å²) in [5, 5.41) is 30.3. The van der Waals surface area contributed by atoms with Crippen LogP contribution in [0.15, 0.2) is 48.7 Å². The third kappa shape index (κ3) is 5.35. The van der Waals surface area contributed by atoms with Crippen molar-refractivity contribution in [3.63, 3.8) is 0 Å². The first-order chi connectivity index (χ1) is 17.1. The molecule has 0 spiro atoms. The van der Waals surface area contributed by atoms with Crippen LogP contribution in [-0.2, 0) is 0 Å². The molecule has 36 heavy (non-hydrogen) atoms. The molecule has 0 unspecified atom stereocenters. The van der Waals surface area contributed by atoms with Gasteiger partial charge in [-0.25, -0.2) is 14.3 Å². The number of benzene rings is 2. The first-order valence-electron chi connectivity index (χ1n) is 10.9. The number of rotatable bonds is 8. The molecule has 3 aromatic rings. The summed E-state index contributed by atoms with van der Waals surface area (Å²) in [6.45, 7) is 0.220. The standard InChI is InChI=1S/C25H21Cl2FN2O6/c26-18-8-7-15(12-31)9-17(18)16-10-21(36-13-14-3-1-4-14)23(29-11-16)30(25(33,34)35)24(32)22-19(27)5-2-6-20(22)28/h2,5-12,14,33-35H,1,3-4,13H2. The number of nitrogens with zero attached hydrogens (tertiary/aromatic N) is 2. The SMILES string of the molecule is O=Cc1ccc(Cl)c(-c2cnc(N(C(=O)c3c(F)cccc3Cl)C(O)(O)O)c(OCC3CCC3)c2)c1. The lowest BCUT2D eigenvalue weighted by Crippen LogP contribution is -2.53. The number of carbonyl (C=O) groups is 2. The molecule has 0 radical (unpaired) electrons. The third-order valence-corrected chi connectivity index (χ3v) is 6.51. The number of halogens is 3. The fraction of sp³-hybridized carbons (Fsp3) is 0.240. The number of carbonyl (C=O) groups excluding carboxylic acids is 2. The van der Waals surface area contributed by atoms with Crippen molar-refractivity contribution < 1.29 is 34.0 Å². The van der Waals surface area contributed by atoms with Crippen molar-refractivity contribution >= 4 is 41.2 Å². The zero-order valence-corrected chi connectivity index (χ0v) is 20.2. The van der Waals surface area contributed by atoms with E-state index >= 15 is 0 Å². The number of ether oxygens (including phenoxy) is 1. The van der Waals surface area contributed by atoms with Crippen LogP contribution in [0.5, 0.6) is 5.75 Å². The summed E-state index contributed by atoms with van der Waals surface area (Å²) in [4.78, 5) is 28.7. The molecule has 0 aliphatic heterocycles. The summed E-state index contributed by atoms with van der Waals surface area (Å²) in [7, 11) is 0. The van der Waals surface area contributed by atoms with Gasteiger partial charge in [0.05, 0.1) is 17.2 Å². The molecule has 1 saturated carbocycles. The molecule has 0 atom stereocenters. The van der Waals surface area contributed by atoms with Crippen molar-refractivity contribution in [2.45, 2.75) is 25.4 Å². The molecule has 0 bridgehead atoms. The van der Waals surface area contributed by atoms with Crippen LogP contribution in [-0.4, -0.2) is 45.2 Å². The molecule has 8 nitrogen and oxygen atoms in total. The second-order valence-electron chi connectivity index (χ2n) is 8.35. The minimum absolute atomic E-state index is 0.0701. The van der Waals surface area contributed by atoms with Crippen molar-refractivity contribution in [1.82, 2.24) is 4.98 Å². The van der Waals surface area contributed by atoms with Crippen molar-refractivity contribution in [3.8, 4) is 16.9 Å². The molecule has 2 aromatic carbocycles. The quantitative estimate of drug-likeness (QED) is 0.289. The number of aliphatic hydroxyl groups is 3. The highest BCUT2D eigenvalue weighted by Gasteiger charge is 2.41. The van der Waals surface area contributed by atoms with E-state index in [-0.39, 0.29) is 28.2 Å². The Labute approximate surface area is 215 Å². The first kappa shape index (κ1) is 26.0. The minimum atomic E-state index is -3.79. The number of hydrogen-bond donors (Lipinski definition) is 3. The zero-order chi connectivity index (χ0) is 26.0. The molecule has 1 aromatic heterocycles. The van der Waals surface area contributed by atoms with Crippen molar-refractivity contribution in [1.29, 1.82) is 0 Å². The zero-order valence-electron chi connectivity index (χ0n) is 18.7. The van der Waals surface area contributed by atoms with Gasteiger partial charge < -0.3 is 20.1 Å². The molecular weight excluding hydrogens is 514 g/mol. The molecule has 1 heterocycles. The Morgan fingerprint density at radius 2 is 1.92 bits per heavy atom. The lowest BCUT2D eigenvalue weighted by atomic mass is 9.86. The van der Waals surface area contributed by atoms with E-state index in [4.69, 9.17) is 27.9 Å². The second-order valence-corrected chi connectivity index (χ2v) is 9.16. The number of aldehydes is 1. The highest BCUT2D eigenvalue weighted by atomic mass is 35.5. The minimum Gasteiger partial charge on any atom is -0.489 e. The van der Waals surface area contributed by atoms with Gasteiger partial charge in [0.2, 0.25) is 0 Å². The topological polar surface area (TPSA) is 120 Å². The van der Waals surface area contributed by atoms with E-state index < -0.39 is 29.2 Å². The fourth-order valence-electron chi connectivity index (χ4n) is 3.75. The van der Waals surface area contributed by atoms with Crippen LogP contribution in [0.25, 0.3) is 11.1 Å². The Hall–Kier alpha value is -3.08. The lowest BCUT2D eigenvalue weighted by Gasteiger charge is -2.32. The first-order valence-corrected chi connectivity index (χ1v) is 11.7. The van der Waals surface area contributed by atoms with Crippen LogP contribution in [0.2, 0.25) is 10.0 Å². The van der Waals surface area contributed by atoms with Gasteiger partial charge in [-0.1, -0.05) is 41.8 Å². The predicted molar refractivity (Wildman–Crippen MR) is 131 cm³/mol. The summed E-state index contributed by atoms with van der Waals surface area (Å²) < 4.78 is 20.4. The predicted octanol–water partition coefficient (Wildman–Crippen LogP) is 4.42. The van der Waals surface area contributed by atoms with Crippen molar-refractivity contribution in [2.75, 3.05) is 11.5 Å². The number of pyridine rings is 1. The Morgan fingerprint density at radius 1 is 1.17 bits per heavy atom. The van der Waals surface area contributed by atoms with Crippen LogP contribution in [0.1, 0.15) is 40.0 Å². The van der Waals surface area contributed by atoms with Crippen molar-refractivity contribution in [3.05, 3.63) is 75.7 Å². The van der Waals surface area contributed by atoms with Gasteiger partial charge in [0.1, 0.15) is 12.1 Å². The Bertz CT molecular complexity index is 1290. The molecule has 1 aliphatic rings. The number of aromatic nitrogens is 1. The maximum absolute atomic E-state index is 14.5. The van der Waals surface area contributed by atoms with Gasteiger partial charge in [0.15, 0.2) is 11.6 Å². The third-order valence-electron chi connectivity index (χ3n) is 5.86. The summed E-state index contributed by atoms with van der Waals surface area (Å²) in [5.74, 6) is -2.81. The summed E-state index contributed by atoms with van der Waals surface area (Å²) in [6.07, 6.45) is 0.972. The van der Waals surface area contributed by atoms with Gasteiger partial charge in [-0.15, -0.1) is 0 Å². The largest absolute Gasteiger partial charge is 0.489 e. The highest BCUT2D eigenvalue weighted by molar-refractivity contribution is 6.34. The van der Waals surface area contributed by atoms with E-state index in [1.165, 1.54) is 42.6 Å². The molecular formula is C25H21Cl2FN2O6. The maximum Gasteiger partial charge on any atom is 0.377 e. The fourth-order valence-corrected chi connectivity index (χ4v) is 4.22. The van der Waals surface area contributed by atoms with Gasteiger partial charge in [-0.3, -0.25) is 9.59 Å². The van der Waals surface area contributed by atoms with E-state index in [0.717, 1.165) is 25.3 Å². The molecule has 1 aliphatic carbocycles. The molecule has 1 fully saturated rings. The lowest BCUT2D eigenvalue weighted by molar-refractivity contribution is -0.304. The molecule has 3 N–H and O–H groups in total. The van der Waals surface area contributed by atoms with E-state index in [1.54, 1.807) is 0 Å². The van der Waals surface area contributed by atoms with Crippen LogP contribution >= 0.6 is 23.2 Å². The summed E-state index contributed by atoms with van der Waals surface area (Å²) >= 11 is 12.3. The van der Waals surface area contributed by atoms with Gasteiger partial charge in [0, 0.05) is 27.9 Å². The highest BCUT2D eigenvalue weighted by Crippen LogP contribution is 2.38. The number of amides is 1. The number of hydrogen-bond acceptors (Lipinski definition) is 7. The van der Waals surface area contributed by atoms with E-state index in [2.05, 4.69) is 4.98 Å². The molecule has 4 rings (SSSR count). The Morgan fingerprint density at radius 3 is 2.53 bits per heavy atom. The van der Waals surface area contributed by atoms with Gasteiger partial charge in [-0.2, -0.15) is 0 Å². The Balaban J connectivity index is 1.84.